The average Bonchev–Trinajstić information content (AvgIpc) is 3.33. The number of hydrogen-bond acceptors (Lipinski definition) is 8. The summed E-state index contributed by atoms with van der Waals surface area (Å²) in [6.07, 6.45) is 2.64. The predicted octanol–water partition coefficient (Wildman–Crippen LogP) is 6.27. The number of amides is 1. The lowest BCUT2D eigenvalue weighted by Crippen LogP contribution is -2.32. The monoisotopic (exact) mass is 644 g/mol. The van der Waals surface area contributed by atoms with E-state index in [4.69, 9.17) is 21.1 Å². The highest BCUT2D eigenvalue weighted by molar-refractivity contribution is 7.92. The van der Waals surface area contributed by atoms with Gasteiger partial charge in [0.05, 0.1) is 34.9 Å². The number of rotatable bonds is 11. The van der Waals surface area contributed by atoms with Crippen molar-refractivity contribution < 1.29 is 32.3 Å². The molecule has 4 rings (SSSR count). The van der Waals surface area contributed by atoms with Crippen LogP contribution in [-0.2, 0) is 37.1 Å². The van der Waals surface area contributed by atoms with Gasteiger partial charge in [-0.3, -0.25) is 9.10 Å². The minimum Gasteiger partial charge on any atom is -0.462 e. The summed E-state index contributed by atoms with van der Waals surface area (Å²) in [6, 6.07) is 11.7. The highest BCUT2D eigenvalue weighted by atomic mass is 35.5. The number of benzene rings is 2. The molecule has 43 heavy (non-hydrogen) atoms. The molecule has 1 heterocycles. The van der Waals surface area contributed by atoms with Gasteiger partial charge in [0.1, 0.15) is 5.00 Å². The predicted molar refractivity (Wildman–Crippen MR) is 168 cm³/mol. The number of halogens is 1. The molecule has 2 unspecified atom stereocenters. The van der Waals surface area contributed by atoms with Crippen LogP contribution < -0.4 is 9.62 Å². The molecule has 0 spiro atoms. The number of hydrogen-bond donors (Lipinski definition) is 1. The third-order valence-electron chi connectivity index (χ3n) is 6.95. The summed E-state index contributed by atoms with van der Waals surface area (Å²) >= 11 is 7.30. The number of carbonyl (C=O) groups excluding carboxylic acids is 3. The Labute approximate surface area is 260 Å². The molecule has 1 aromatic heterocycles. The SMILES string of the molecule is C=CCN(c1ccc(Cl)cc1)S(=O)(=O)c1cccc(C(=O)OC(C)C(=O)Nc2sc3c(c2C(=O)OCC)CCC(C)C3)c1. The third-order valence-corrected chi connectivity index (χ3v) is 10.2. The van der Waals surface area contributed by atoms with Gasteiger partial charge in [-0.2, -0.15) is 0 Å². The first kappa shape index (κ1) is 32.2. The van der Waals surface area contributed by atoms with Gasteiger partial charge >= 0.3 is 11.9 Å². The average molecular weight is 645 g/mol. The second-order valence-electron chi connectivity index (χ2n) is 10.1. The molecule has 0 saturated carbocycles. The summed E-state index contributed by atoms with van der Waals surface area (Å²) in [5, 5.41) is 3.56. The van der Waals surface area contributed by atoms with E-state index >= 15 is 0 Å². The van der Waals surface area contributed by atoms with E-state index in [9.17, 15) is 22.8 Å². The minimum atomic E-state index is -4.10. The molecule has 1 N–H and O–H groups in total. The molecule has 1 aliphatic carbocycles. The topological polar surface area (TPSA) is 119 Å². The molecule has 9 nitrogen and oxygen atoms in total. The summed E-state index contributed by atoms with van der Waals surface area (Å²) < 4.78 is 38.9. The summed E-state index contributed by atoms with van der Waals surface area (Å²) in [6.45, 7) is 9.09. The molecule has 3 aromatic rings. The Morgan fingerprint density at radius 2 is 1.91 bits per heavy atom. The number of sulfonamides is 1. The van der Waals surface area contributed by atoms with Crippen LogP contribution >= 0.6 is 22.9 Å². The third kappa shape index (κ3) is 7.29. The fourth-order valence-electron chi connectivity index (χ4n) is 4.73. The molecular weight excluding hydrogens is 612 g/mol. The van der Waals surface area contributed by atoms with Crippen LogP contribution in [0.2, 0.25) is 5.02 Å². The molecule has 0 fully saturated rings. The zero-order valence-corrected chi connectivity index (χ0v) is 26.5. The van der Waals surface area contributed by atoms with Crippen molar-refractivity contribution in [2.45, 2.75) is 51.0 Å². The van der Waals surface area contributed by atoms with Crippen LogP contribution in [0.5, 0.6) is 0 Å². The van der Waals surface area contributed by atoms with E-state index in [2.05, 4.69) is 18.8 Å². The lowest BCUT2D eigenvalue weighted by atomic mass is 9.88. The van der Waals surface area contributed by atoms with Crippen molar-refractivity contribution in [1.29, 1.82) is 0 Å². The Kier molecular flexibility index (Phi) is 10.3. The zero-order valence-electron chi connectivity index (χ0n) is 24.1. The molecular formula is C31H33ClN2O7S2. The number of carbonyl (C=O) groups is 3. The number of ether oxygens (including phenoxy) is 2. The Hall–Kier alpha value is -3.67. The van der Waals surface area contributed by atoms with Gasteiger partial charge in [-0.1, -0.05) is 30.7 Å². The molecule has 2 aromatic carbocycles. The summed E-state index contributed by atoms with van der Waals surface area (Å²) in [5.74, 6) is -1.56. The van der Waals surface area contributed by atoms with Gasteiger partial charge in [-0.15, -0.1) is 17.9 Å². The first-order valence-corrected chi connectivity index (χ1v) is 16.4. The number of nitrogens with one attached hydrogen (secondary N) is 1. The van der Waals surface area contributed by atoms with E-state index in [-0.39, 0.29) is 23.6 Å². The van der Waals surface area contributed by atoms with Crippen molar-refractivity contribution in [2.24, 2.45) is 5.92 Å². The van der Waals surface area contributed by atoms with Crippen molar-refractivity contribution in [3.63, 3.8) is 0 Å². The minimum absolute atomic E-state index is 0.0192. The number of fused-ring (bicyclic) bond motifs is 1. The quantitative estimate of drug-likeness (QED) is 0.193. The fourth-order valence-corrected chi connectivity index (χ4v) is 7.74. The van der Waals surface area contributed by atoms with E-state index in [1.807, 2.05) is 0 Å². The lowest BCUT2D eigenvalue weighted by molar-refractivity contribution is -0.123. The molecule has 0 aliphatic heterocycles. The summed E-state index contributed by atoms with van der Waals surface area (Å²) in [7, 11) is -4.10. The van der Waals surface area contributed by atoms with Gasteiger partial charge in [0.15, 0.2) is 6.10 Å². The molecule has 0 bridgehead atoms. The zero-order chi connectivity index (χ0) is 31.3. The first-order chi connectivity index (χ1) is 20.5. The Bertz CT molecular complexity index is 1630. The smallest absolute Gasteiger partial charge is 0.341 e. The Morgan fingerprint density at radius 1 is 1.19 bits per heavy atom. The van der Waals surface area contributed by atoms with Crippen LogP contribution in [0.1, 0.15) is 58.3 Å². The highest BCUT2D eigenvalue weighted by Crippen LogP contribution is 2.40. The molecule has 2 atom stereocenters. The van der Waals surface area contributed by atoms with Gasteiger partial charge in [-0.25, -0.2) is 18.0 Å². The normalized spacial score (nSPS) is 15.1. The molecule has 1 amide bonds. The molecule has 0 saturated heterocycles. The van der Waals surface area contributed by atoms with E-state index < -0.39 is 34.0 Å². The maximum absolute atomic E-state index is 13.5. The summed E-state index contributed by atoms with van der Waals surface area (Å²) in [4.78, 5) is 39.8. The molecule has 0 radical (unpaired) electrons. The lowest BCUT2D eigenvalue weighted by Gasteiger charge is -2.23. The number of anilines is 2. The number of esters is 2. The van der Waals surface area contributed by atoms with E-state index in [0.717, 1.165) is 27.6 Å². The van der Waals surface area contributed by atoms with Gasteiger partial charge in [-0.05, 0) is 87.1 Å². The highest BCUT2D eigenvalue weighted by Gasteiger charge is 2.31. The van der Waals surface area contributed by atoms with Crippen LogP contribution in [0.3, 0.4) is 0 Å². The van der Waals surface area contributed by atoms with E-state index in [1.54, 1.807) is 31.2 Å². The van der Waals surface area contributed by atoms with Crippen molar-refractivity contribution >= 4 is 61.5 Å². The summed E-state index contributed by atoms with van der Waals surface area (Å²) in [5.41, 5.74) is 1.56. The standard InChI is InChI=1S/C31H33ClN2O7S2/c1-5-16-34(23-13-11-22(32)12-14-23)43(38,39)24-9-7-8-21(18-24)30(36)41-20(4)28(35)33-29-27(31(37)40-6-2)25-15-10-19(3)17-26(25)42-29/h5,7-9,11-14,18-20H,1,6,10,15-17H2,2-4H3,(H,33,35). The largest absolute Gasteiger partial charge is 0.462 e. The van der Waals surface area contributed by atoms with Crippen molar-refractivity contribution in [1.82, 2.24) is 0 Å². The fraction of sp³-hybridized carbons (Fsp3) is 0.323. The van der Waals surface area contributed by atoms with Crippen LogP contribution in [0.15, 0.2) is 66.1 Å². The molecule has 12 heteroatoms. The number of thiophene rings is 1. The first-order valence-electron chi connectivity index (χ1n) is 13.8. The van der Waals surface area contributed by atoms with Crippen LogP contribution in [-0.4, -0.2) is 45.5 Å². The van der Waals surface area contributed by atoms with Gasteiger partial charge in [0.2, 0.25) is 0 Å². The Morgan fingerprint density at radius 3 is 2.58 bits per heavy atom. The van der Waals surface area contributed by atoms with Crippen molar-refractivity contribution in [3.8, 4) is 0 Å². The van der Waals surface area contributed by atoms with Crippen molar-refractivity contribution in [3.05, 3.63) is 87.8 Å². The van der Waals surface area contributed by atoms with Crippen molar-refractivity contribution in [2.75, 3.05) is 22.8 Å². The maximum Gasteiger partial charge on any atom is 0.341 e. The van der Waals surface area contributed by atoms with E-state index in [0.29, 0.717) is 33.6 Å². The number of nitrogens with zero attached hydrogens (tertiary/aromatic N) is 1. The molecule has 228 valence electrons. The van der Waals surface area contributed by atoms with Crippen LogP contribution in [0, 0.1) is 5.92 Å². The van der Waals surface area contributed by atoms with Crippen LogP contribution in [0.4, 0.5) is 10.7 Å². The van der Waals surface area contributed by atoms with Gasteiger partial charge < -0.3 is 14.8 Å². The second-order valence-corrected chi connectivity index (χ2v) is 13.5. The molecule has 1 aliphatic rings. The van der Waals surface area contributed by atoms with Gasteiger partial charge in [0, 0.05) is 9.90 Å². The van der Waals surface area contributed by atoms with E-state index in [1.165, 1.54) is 48.6 Å². The van der Waals surface area contributed by atoms with Crippen LogP contribution in [0.25, 0.3) is 0 Å². The second kappa shape index (κ2) is 13.7. The van der Waals surface area contributed by atoms with Gasteiger partial charge in [0.25, 0.3) is 15.9 Å². The Balaban J connectivity index is 1.52. The maximum atomic E-state index is 13.5.